The van der Waals surface area contributed by atoms with Crippen LogP contribution in [0.4, 0.5) is 0 Å². The van der Waals surface area contributed by atoms with E-state index >= 15 is 0 Å². The largest absolute Gasteiger partial charge is 0.319 e. The number of rotatable bonds is 5. The summed E-state index contributed by atoms with van der Waals surface area (Å²) in [5, 5.41) is 3.39. The van der Waals surface area contributed by atoms with Gasteiger partial charge in [0.2, 0.25) is 5.91 Å². The molecule has 1 unspecified atom stereocenters. The lowest BCUT2D eigenvalue weighted by Crippen LogP contribution is -2.30. The molecule has 1 aliphatic rings. The van der Waals surface area contributed by atoms with Gasteiger partial charge in [-0.3, -0.25) is 4.79 Å². The van der Waals surface area contributed by atoms with E-state index in [0.29, 0.717) is 6.42 Å². The lowest BCUT2D eigenvalue weighted by Gasteiger charge is -2.23. The minimum Gasteiger partial charge on any atom is -0.319 e. The number of carbonyl (C=O) groups excluding carboxylic acids is 1. The predicted octanol–water partition coefficient (Wildman–Crippen LogP) is 1.46. The molecule has 1 rings (SSSR count). The maximum Gasteiger partial charge on any atom is 0.228 e. The zero-order valence-electron chi connectivity index (χ0n) is 9.75. The Morgan fingerprint density at radius 1 is 1.67 bits per heavy atom. The third-order valence-electron chi connectivity index (χ3n) is 2.50. The van der Waals surface area contributed by atoms with Crippen molar-refractivity contribution in [1.82, 2.24) is 10.2 Å². The first-order valence-corrected chi connectivity index (χ1v) is 6.39. The third-order valence-corrected chi connectivity index (χ3v) is 3.78. The number of nitrogens with one attached hydrogen (secondary N) is 1. The number of hydrogen-bond donors (Lipinski definition) is 1. The van der Waals surface area contributed by atoms with Crippen LogP contribution in [0.15, 0.2) is 12.3 Å². The Labute approximate surface area is 96.3 Å². The monoisotopic (exact) mass is 228 g/mol. The van der Waals surface area contributed by atoms with Gasteiger partial charge < -0.3 is 10.2 Å². The van der Waals surface area contributed by atoms with Crippen molar-refractivity contribution < 1.29 is 4.79 Å². The lowest BCUT2D eigenvalue weighted by molar-refractivity contribution is -0.127. The minimum atomic E-state index is 0.219. The first kappa shape index (κ1) is 12.6. The Morgan fingerprint density at radius 3 is 2.80 bits per heavy atom. The standard InChI is InChI=1S/C11H20N2OS/c1-8(2)13-9(3)10(7-11(13)14)15-6-5-12-4/h8,10,12H,3,5-7H2,1-2,4H3. The summed E-state index contributed by atoms with van der Waals surface area (Å²) in [6, 6.07) is 0.236. The molecule has 1 aliphatic heterocycles. The lowest BCUT2D eigenvalue weighted by atomic mass is 10.3. The van der Waals surface area contributed by atoms with Crippen molar-refractivity contribution in [3.63, 3.8) is 0 Å². The minimum absolute atomic E-state index is 0.219. The highest BCUT2D eigenvalue weighted by molar-refractivity contribution is 8.00. The molecule has 0 aromatic carbocycles. The molecule has 0 saturated carbocycles. The highest BCUT2D eigenvalue weighted by atomic mass is 32.2. The van der Waals surface area contributed by atoms with E-state index in [-0.39, 0.29) is 17.2 Å². The van der Waals surface area contributed by atoms with Crippen molar-refractivity contribution in [3.05, 3.63) is 12.3 Å². The summed E-state index contributed by atoms with van der Waals surface area (Å²) < 4.78 is 0. The first-order valence-electron chi connectivity index (χ1n) is 5.35. The van der Waals surface area contributed by atoms with E-state index in [1.165, 1.54) is 0 Å². The van der Waals surface area contributed by atoms with Gasteiger partial charge in [0.1, 0.15) is 0 Å². The van der Waals surface area contributed by atoms with Crippen LogP contribution in [0.2, 0.25) is 0 Å². The fraction of sp³-hybridized carbons (Fsp3) is 0.727. The average Bonchev–Trinajstić information content (AvgIpc) is 2.42. The fourth-order valence-electron chi connectivity index (χ4n) is 1.77. The molecular formula is C11H20N2OS. The maximum absolute atomic E-state index is 11.7. The van der Waals surface area contributed by atoms with Crippen LogP contribution in [-0.4, -0.2) is 41.4 Å². The van der Waals surface area contributed by atoms with Gasteiger partial charge in [0.15, 0.2) is 0 Å². The Morgan fingerprint density at radius 2 is 2.33 bits per heavy atom. The summed E-state index contributed by atoms with van der Waals surface area (Å²) in [6.07, 6.45) is 0.616. The molecule has 86 valence electrons. The van der Waals surface area contributed by atoms with Crippen molar-refractivity contribution in [2.24, 2.45) is 0 Å². The zero-order chi connectivity index (χ0) is 11.4. The van der Waals surface area contributed by atoms with E-state index in [9.17, 15) is 4.79 Å². The van der Waals surface area contributed by atoms with Gasteiger partial charge >= 0.3 is 0 Å². The third kappa shape index (κ3) is 2.98. The van der Waals surface area contributed by atoms with E-state index in [1.54, 1.807) is 0 Å². The molecule has 15 heavy (non-hydrogen) atoms. The number of amides is 1. The molecule has 0 aromatic heterocycles. The number of carbonyl (C=O) groups is 1. The molecule has 0 aromatic rings. The summed E-state index contributed by atoms with van der Waals surface area (Å²) in [5.41, 5.74) is 0.983. The molecular weight excluding hydrogens is 208 g/mol. The summed E-state index contributed by atoms with van der Waals surface area (Å²) in [6.45, 7) is 9.07. The van der Waals surface area contributed by atoms with Gasteiger partial charge in [0.05, 0.1) is 5.25 Å². The molecule has 1 heterocycles. The Hall–Kier alpha value is -0.480. The molecule has 0 bridgehead atoms. The van der Waals surface area contributed by atoms with E-state index in [0.717, 1.165) is 18.0 Å². The van der Waals surface area contributed by atoms with Crippen LogP contribution in [0.1, 0.15) is 20.3 Å². The van der Waals surface area contributed by atoms with Crippen LogP contribution >= 0.6 is 11.8 Å². The molecule has 1 atom stereocenters. The quantitative estimate of drug-likeness (QED) is 0.723. The number of thioether (sulfide) groups is 1. The highest BCUT2D eigenvalue weighted by Crippen LogP contribution is 2.32. The van der Waals surface area contributed by atoms with E-state index < -0.39 is 0 Å². The SMILES string of the molecule is C=C1C(SCCNC)CC(=O)N1C(C)C. The second-order valence-corrected chi connectivity index (χ2v) is 5.33. The predicted molar refractivity (Wildman–Crippen MR) is 65.9 cm³/mol. The zero-order valence-corrected chi connectivity index (χ0v) is 10.6. The van der Waals surface area contributed by atoms with Crippen molar-refractivity contribution >= 4 is 17.7 Å². The van der Waals surface area contributed by atoms with Crippen LogP contribution in [0, 0.1) is 0 Å². The second kappa shape index (κ2) is 5.56. The summed E-state index contributed by atoms with van der Waals surface area (Å²) in [5.74, 6) is 1.25. The Bertz CT molecular complexity index is 253. The summed E-state index contributed by atoms with van der Waals surface area (Å²) in [7, 11) is 1.94. The van der Waals surface area contributed by atoms with Gasteiger partial charge in [-0.05, 0) is 20.9 Å². The molecule has 3 nitrogen and oxygen atoms in total. The smallest absolute Gasteiger partial charge is 0.228 e. The summed E-state index contributed by atoms with van der Waals surface area (Å²) in [4.78, 5) is 13.5. The number of likely N-dealkylation sites (tertiary alicyclic amines) is 1. The molecule has 1 saturated heterocycles. The van der Waals surface area contributed by atoms with Crippen LogP contribution in [-0.2, 0) is 4.79 Å². The molecule has 0 spiro atoms. The average molecular weight is 228 g/mol. The van der Waals surface area contributed by atoms with E-state index in [1.807, 2.05) is 37.6 Å². The van der Waals surface area contributed by atoms with Crippen LogP contribution in [0.3, 0.4) is 0 Å². The molecule has 0 radical (unpaired) electrons. The van der Waals surface area contributed by atoms with Crippen molar-refractivity contribution in [3.8, 4) is 0 Å². The normalized spacial score (nSPS) is 21.9. The van der Waals surface area contributed by atoms with Gasteiger partial charge in [0, 0.05) is 30.5 Å². The van der Waals surface area contributed by atoms with Crippen LogP contribution in [0.5, 0.6) is 0 Å². The van der Waals surface area contributed by atoms with E-state index in [2.05, 4.69) is 11.9 Å². The Kier molecular flexibility index (Phi) is 4.67. The van der Waals surface area contributed by atoms with Gasteiger partial charge in [-0.25, -0.2) is 0 Å². The van der Waals surface area contributed by atoms with Crippen molar-refractivity contribution in [1.29, 1.82) is 0 Å². The van der Waals surface area contributed by atoms with Gasteiger partial charge in [0.25, 0.3) is 0 Å². The molecule has 1 fully saturated rings. The van der Waals surface area contributed by atoms with Gasteiger partial charge in [-0.2, -0.15) is 11.8 Å². The number of nitrogens with zero attached hydrogens (tertiary/aromatic N) is 1. The van der Waals surface area contributed by atoms with Crippen LogP contribution < -0.4 is 5.32 Å². The number of hydrogen-bond acceptors (Lipinski definition) is 3. The molecule has 1 amide bonds. The first-order chi connectivity index (χ1) is 7.07. The highest BCUT2D eigenvalue weighted by Gasteiger charge is 2.34. The van der Waals surface area contributed by atoms with Crippen molar-refractivity contribution in [2.45, 2.75) is 31.6 Å². The van der Waals surface area contributed by atoms with Crippen LogP contribution in [0.25, 0.3) is 0 Å². The van der Waals surface area contributed by atoms with Crippen molar-refractivity contribution in [2.75, 3.05) is 19.3 Å². The van der Waals surface area contributed by atoms with Gasteiger partial charge in [-0.15, -0.1) is 0 Å². The maximum atomic E-state index is 11.7. The summed E-state index contributed by atoms with van der Waals surface area (Å²) >= 11 is 1.82. The second-order valence-electron chi connectivity index (χ2n) is 4.02. The van der Waals surface area contributed by atoms with Gasteiger partial charge in [-0.1, -0.05) is 6.58 Å². The molecule has 1 N–H and O–H groups in total. The van der Waals surface area contributed by atoms with E-state index in [4.69, 9.17) is 0 Å². The Balaban J connectivity index is 2.50. The molecule has 0 aliphatic carbocycles. The molecule has 4 heteroatoms. The topological polar surface area (TPSA) is 32.3 Å². The fourth-order valence-corrected chi connectivity index (χ4v) is 2.94.